The van der Waals surface area contributed by atoms with Crippen LogP contribution in [0.3, 0.4) is 0 Å². The summed E-state index contributed by atoms with van der Waals surface area (Å²) < 4.78 is 0. The van der Waals surface area contributed by atoms with Crippen molar-refractivity contribution >= 4 is 34.8 Å². The third-order valence-corrected chi connectivity index (χ3v) is 4.32. The van der Waals surface area contributed by atoms with Crippen molar-refractivity contribution in [1.29, 1.82) is 0 Å². The Labute approximate surface area is 117 Å². The van der Waals surface area contributed by atoms with Gasteiger partial charge in [0.15, 0.2) is 0 Å². The van der Waals surface area contributed by atoms with Gasteiger partial charge in [0.2, 0.25) is 0 Å². The lowest BCUT2D eigenvalue weighted by molar-refractivity contribution is 0.0951. The van der Waals surface area contributed by atoms with Crippen molar-refractivity contribution in [2.75, 3.05) is 12.3 Å². The number of nitrogens with one attached hydrogen (secondary N) is 1. The lowest BCUT2D eigenvalue weighted by Gasteiger charge is -2.09. The van der Waals surface area contributed by atoms with E-state index >= 15 is 0 Å². The average molecular weight is 287 g/mol. The summed E-state index contributed by atoms with van der Waals surface area (Å²) >= 11 is 11.9. The highest BCUT2D eigenvalue weighted by molar-refractivity contribution is 6.44. The van der Waals surface area contributed by atoms with E-state index in [2.05, 4.69) is 19.2 Å². The summed E-state index contributed by atoms with van der Waals surface area (Å²) in [5.74, 6) is 0.314. The van der Waals surface area contributed by atoms with Gasteiger partial charge in [0.05, 0.1) is 15.6 Å². The largest absolute Gasteiger partial charge is 0.399 e. The molecule has 1 fully saturated rings. The molecule has 0 spiro atoms. The average Bonchev–Trinajstić information content (AvgIpc) is 2.88. The first-order valence-electron chi connectivity index (χ1n) is 5.84. The number of carbonyl (C=O) groups is 1. The van der Waals surface area contributed by atoms with Gasteiger partial charge in [-0.2, -0.15) is 0 Å². The van der Waals surface area contributed by atoms with E-state index in [1.54, 1.807) is 6.07 Å². The number of nitrogen functional groups attached to an aromatic ring is 1. The summed E-state index contributed by atoms with van der Waals surface area (Å²) in [7, 11) is 0. The fourth-order valence-electron chi connectivity index (χ4n) is 2.01. The van der Waals surface area contributed by atoms with Crippen molar-refractivity contribution in [3.8, 4) is 0 Å². The molecule has 18 heavy (non-hydrogen) atoms. The second kappa shape index (κ2) is 4.63. The van der Waals surface area contributed by atoms with Gasteiger partial charge >= 0.3 is 0 Å². The number of anilines is 1. The molecule has 0 radical (unpaired) electrons. The van der Waals surface area contributed by atoms with Gasteiger partial charge in [-0.1, -0.05) is 37.0 Å². The Kier molecular flexibility index (Phi) is 3.47. The molecule has 1 aromatic carbocycles. The van der Waals surface area contributed by atoms with Gasteiger partial charge in [0.25, 0.3) is 5.91 Å². The summed E-state index contributed by atoms with van der Waals surface area (Å²) in [6, 6.07) is 3.08. The maximum Gasteiger partial charge on any atom is 0.252 e. The first kappa shape index (κ1) is 13.5. The Bertz CT molecular complexity index is 500. The standard InChI is InChI=1S/C13H16Cl2N2O/c1-13(2)5-7(13)6-17-12(18)9-3-8(16)4-10(14)11(9)15/h3-4,7H,5-6,16H2,1-2H3,(H,17,18). The first-order chi connectivity index (χ1) is 8.31. The summed E-state index contributed by atoms with van der Waals surface area (Å²) in [6.45, 7) is 5.04. The zero-order valence-electron chi connectivity index (χ0n) is 10.4. The van der Waals surface area contributed by atoms with Crippen LogP contribution in [-0.4, -0.2) is 12.5 Å². The van der Waals surface area contributed by atoms with Crippen molar-refractivity contribution in [1.82, 2.24) is 5.32 Å². The highest BCUT2D eigenvalue weighted by Crippen LogP contribution is 2.51. The molecule has 3 N–H and O–H groups in total. The number of nitrogens with two attached hydrogens (primary N) is 1. The highest BCUT2D eigenvalue weighted by Gasteiger charge is 2.45. The van der Waals surface area contributed by atoms with Gasteiger partial charge in [-0.3, -0.25) is 4.79 Å². The minimum absolute atomic E-state index is 0.225. The normalized spacial score (nSPS) is 20.6. The molecule has 1 atom stereocenters. The van der Waals surface area contributed by atoms with E-state index in [0.717, 1.165) is 6.42 Å². The molecule has 1 aliphatic rings. The van der Waals surface area contributed by atoms with Crippen LogP contribution in [0.5, 0.6) is 0 Å². The number of amides is 1. The van der Waals surface area contributed by atoms with Crippen molar-refractivity contribution in [3.63, 3.8) is 0 Å². The van der Waals surface area contributed by atoms with E-state index in [1.165, 1.54) is 6.07 Å². The van der Waals surface area contributed by atoms with Crippen LogP contribution in [0.1, 0.15) is 30.6 Å². The Morgan fingerprint density at radius 3 is 2.67 bits per heavy atom. The van der Waals surface area contributed by atoms with E-state index in [-0.39, 0.29) is 10.9 Å². The summed E-state index contributed by atoms with van der Waals surface area (Å²) in [5.41, 5.74) is 6.76. The van der Waals surface area contributed by atoms with E-state index < -0.39 is 0 Å². The van der Waals surface area contributed by atoms with Crippen molar-refractivity contribution < 1.29 is 4.79 Å². The number of hydrogen-bond acceptors (Lipinski definition) is 2. The third kappa shape index (κ3) is 2.73. The monoisotopic (exact) mass is 286 g/mol. The zero-order valence-corrected chi connectivity index (χ0v) is 11.9. The first-order valence-corrected chi connectivity index (χ1v) is 6.59. The summed E-state index contributed by atoms with van der Waals surface area (Å²) in [4.78, 5) is 12.0. The Morgan fingerprint density at radius 1 is 1.50 bits per heavy atom. The maximum absolute atomic E-state index is 12.0. The fourth-order valence-corrected chi connectivity index (χ4v) is 2.43. The van der Waals surface area contributed by atoms with Crippen LogP contribution in [0, 0.1) is 11.3 Å². The number of benzene rings is 1. The molecule has 3 nitrogen and oxygen atoms in total. The third-order valence-electron chi connectivity index (χ3n) is 3.52. The van der Waals surface area contributed by atoms with Crippen molar-refractivity contribution in [3.05, 3.63) is 27.7 Å². The maximum atomic E-state index is 12.0. The molecule has 98 valence electrons. The number of rotatable bonds is 3. The van der Waals surface area contributed by atoms with Gasteiger partial charge in [0.1, 0.15) is 0 Å². The number of carbonyl (C=O) groups excluding carboxylic acids is 1. The second-order valence-corrected chi connectivity index (χ2v) is 6.25. The Morgan fingerprint density at radius 2 is 2.11 bits per heavy atom. The van der Waals surface area contributed by atoms with Crippen molar-refractivity contribution in [2.24, 2.45) is 11.3 Å². The van der Waals surface area contributed by atoms with Gasteiger partial charge in [-0.25, -0.2) is 0 Å². The molecule has 1 aliphatic carbocycles. The molecule has 0 heterocycles. The Hall–Kier alpha value is -0.930. The Balaban J connectivity index is 2.05. The van der Waals surface area contributed by atoms with Crippen LogP contribution in [0.25, 0.3) is 0 Å². The lowest BCUT2D eigenvalue weighted by Crippen LogP contribution is -2.27. The van der Waals surface area contributed by atoms with Gasteiger partial charge in [0, 0.05) is 12.2 Å². The van der Waals surface area contributed by atoms with E-state index in [9.17, 15) is 4.79 Å². The van der Waals surface area contributed by atoms with Crippen LogP contribution >= 0.6 is 23.2 Å². The van der Waals surface area contributed by atoms with Gasteiger partial charge in [-0.05, 0) is 29.9 Å². The molecular weight excluding hydrogens is 271 g/mol. The predicted octanol–water partition coefficient (Wildman–Crippen LogP) is 3.35. The van der Waals surface area contributed by atoms with Crippen LogP contribution < -0.4 is 11.1 Å². The second-order valence-electron chi connectivity index (χ2n) is 5.46. The smallest absolute Gasteiger partial charge is 0.252 e. The van der Waals surface area contributed by atoms with Gasteiger partial charge in [-0.15, -0.1) is 0 Å². The minimum Gasteiger partial charge on any atom is -0.399 e. The quantitative estimate of drug-likeness (QED) is 0.838. The molecule has 1 amide bonds. The predicted molar refractivity (Wildman–Crippen MR) is 75.1 cm³/mol. The molecular formula is C13H16Cl2N2O. The van der Waals surface area contributed by atoms with Crippen LogP contribution in [0.4, 0.5) is 5.69 Å². The molecule has 0 bridgehead atoms. The topological polar surface area (TPSA) is 55.1 Å². The number of hydrogen-bond donors (Lipinski definition) is 2. The van der Waals surface area contributed by atoms with Crippen LogP contribution in [-0.2, 0) is 0 Å². The molecule has 2 rings (SSSR count). The highest BCUT2D eigenvalue weighted by atomic mass is 35.5. The number of halogens is 2. The van der Waals surface area contributed by atoms with E-state index in [4.69, 9.17) is 28.9 Å². The molecule has 0 aromatic heterocycles. The van der Waals surface area contributed by atoms with E-state index in [0.29, 0.717) is 34.2 Å². The molecule has 1 unspecified atom stereocenters. The van der Waals surface area contributed by atoms with Crippen LogP contribution in [0.2, 0.25) is 10.0 Å². The SMILES string of the molecule is CC1(C)CC1CNC(=O)c1cc(N)cc(Cl)c1Cl. The van der Waals surface area contributed by atoms with Crippen molar-refractivity contribution in [2.45, 2.75) is 20.3 Å². The molecule has 1 saturated carbocycles. The summed E-state index contributed by atoms with van der Waals surface area (Å²) in [5, 5.41) is 3.42. The fraction of sp³-hybridized carbons (Fsp3) is 0.462. The zero-order chi connectivity index (χ0) is 13.5. The molecule has 0 aliphatic heterocycles. The van der Waals surface area contributed by atoms with Gasteiger partial charge < -0.3 is 11.1 Å². The van der Waals surface area contributed by atoms with Crippen LogP contribution in [0.15, 0.2) is 12.1 Å². The minimum atomic E-state index is -0.225. The summed E-state index contributed by atoms with van der Waals surface area (Å²) in [6.07, 6.45) is 1.14. The molecule has 5 heteroatoms. The lowest BCUT2D eigenvalue weighted by atomic mass is 10.1. The van der Waals surface area contributed by atoms with E-state index in [1.807, 2.05) is 0 Å². The molecule has 0 saturated heterocycles. The molecule has 1 aromatic rings.